The van der Waals surface area contributed by atoms with Crippen LogP contribution in [0.15, 0.2) is 18.2 Å². The van der Waals surface area contributed by atoms with E-state index in [0.29, 0.717) is 0 Å². The summed E-state index contributed by atoms with van der Waals surface area (Å²) in [4.78, 5) is 0. The molecule has 1 N–H and O–H groups in total. The van der Waals surface area contributed by atoms with E-state index >= 15 is 0 Å². The molecule has 0 unspecified atom stereocenters. The second-order valence-electron chi connectivity index (χ2n) is 4.80. The van der Waals surface area contributed by atoms with Gasteiger partial charge in [0, 0.05) is 23.7 Å². The molecule has 0 aromatic heterocycles. The highest BCUT2D eigenvalue weighted by molar-refractivity contribution is 5.40. The van der Waals surface area contributed by atoms with E-state index in [2.05, 4.69) is 32.2 Å². The Hall–Kier alpha value is -1.22. The van der Waals surface area contributed by atoms with Gasteiger partial charge >= 0.3 is 0 Å². The summed E-state index contributed by atoms with van der Waals surface area (Å²) in [5.74, 6) is 1.70. The molecule has 0 amide bonds. The monoisotopic (exact) mass is 251 g/mol. The molecule has 0 radical (unpaired) electrons. The van der Waals surface area contributed by atoms with Gasteiger partial charge in [0.2, 0.25) is 0 Å². The van der Waals surface area contributed by atoms with E-state index < -0.39 is 0 Å². The lowest BCUT2D eigenvalue weighted by Gasteiger charge is -2.28. The third-order valence-electron chi connectivity index (χ3n) is 3.76. The van der Waals surface area contributed by atoms with Gasteiger partial charge in [-0.05, 0) is 25.8 Å². The van der Waals surface area contributed by atoms with E-state index in [4.69, 9.17) is 9.47 Å². The Morgan fingerprint density at radius 3 is 2.28 bits per heavy atom. The standard InChI is InChI=1S/C15H25NO2/c1-6-15(3,7-2)16-11-12-8-9-13(17-4)10-14(12)18-5/h8-10,16H,6-7,11H2,1-5H3. The molecular formula is C15H25NO2. The Kier molecular flexibility index (Phi) is 5.48. The van der Waals surface area contributed by atoms with Crippen LogP contribution in [0.1, 0.15) is 39.2 Å². The van der Waals surface area contributed by atoms with E-state index in [9.17, 15) is 0 Å². The van der Waals surface area contributed by atoms with Gasteiger partial charge in [-0.25, -0.2) is 0 Å². The van der Waals surface area contributed by atoms with Crippen LogP contribution >= 0.6 is 0 Å². The first-order valence-corrected chi connectivity index (χ1v) is 6.54. The van der Waals surface area contributed by atoms with Gasteiger partial charge in [0.1, 0.15) is 11.5 Å². The van der Waals surface area contributed by atoms with Crippen molar-refractivity contribution < 1.29 is 9.47 Å². The molecule has 18 heavy (non-hydrogen) atoms. The summed E-state index contributed by atoms with van der Waals surface area (Å²) in [6.07, 6.45) is 2.23. The van der Waals surface area contributed by atoms with Gasteiger partial charge in [-0.2, -0.15) is 0 Å². The quantitative estimate of drug-likeness (QED) is 0.806. The summed E-state index contributed by atoms with van der Waals surface area (Å²) in [7, 11) is 3.36. The van der Waals surface area contributed by atoms with Crippen molar-refractivity contribution in [1.29, 1.82) is 0 Å². The molecule has 0 saturated carbocycles. The molecule has 0 aliphatic heterocycles. The normalized spacial score (nSPS) is 11.4. The molecule has 0 fully saturated rings. The topological polar surface area (TPSA) is 30.5 Å². The van der Waals surface area contributed by atoms with Crippen LogP contribution in [0.4, 0.5) is 0 Å². The third-order valence-corrected chi connectivity index (χ3v) is 3.76. The maximum Gasteiger partial charge on any atom is 0.127 e. The smallest absolute Gasteiger partial charge is 0.127 e. The predicted octanol–water partition coefficient (Wildman–Crippen LogP) is 3.37. The van der Waals surface area contributed by atoms with Crippen molar-refractivity contribution in [3.8, 4) is 11.5 Å². The highest BCUT2D eigenvalue weighted by Gasteiger charge is 2.19. The lowest BCUT2D eigenvalue weighted by atomic mass is 9.95. The van der Waals surface area contributed by atoms with Crippen LogP contribution in [-0.2, 0) is 6.54 Å². The van der Waals surface area contributed by atoms with Crippen molar-refractivity contribution in [3.63, 3.8) is 0 Å². The molecule has 102 valence electrons. The van der Waals surface area contributed by atoms with Crippen LogP contribution in [0.25, 0.3) is 0 Å². The van der Waals surface area contributed by atoms with Gasteiger partial charge in [0.05, 0.1) is 14.2 Å². The Labute approximate surface area is 110 Å². The highest BCUT2D eigenvalue weighted by atomic mass is 16.5. The molecule has 1 rings (SSSR count). The molecule has 0 atom stereocenters. The Balaban J connectivity index is 2.78. The van der Waals surface area contributed by atoms with E-state index in [1.165, 1.54) is 0 Å². The van der Waals surface area contributed by atoms with Crippen LogP contribution < -0.4 is 14.8 Å². The lowest BCUT2D eigenvalue weighted by molar-refractivity contribution is 0.324. The van der Waals surface area contributed by atoms with Gasteiger partial charge in [-0.1, -0.05) is 19.9 Å². The highest BCUT2D eigenvalue weighted by Crippen LogP contribution is 2.25. The zero-order chi connectivity index (χ0) is 13.6. The van der Waals surface area contributed by atoms with Crippen LogP contribution in [0.5, 0.6) is 11.5 Å². The molecule has 1 aromatic rings. The van der Waals surface area contributed by atoms with Crippen LogP contribution in [0, 0.1) is 0 Å². The molecule has 0 heterocycles. The van der Waals surface area contributed by atoms with Crippen LogP contribution in [-0.4, -0.2) is 19.8 Å². The minimum atomic E-state index is 0.185. The summed E-state index contributed by atoms with van der Waals surface area (Å²) in [6, 6.07) is 5.94. The number of methoxy groups -OCH3 is 2. The van der Waals surface area contributed by atoms with Gasteiger partial charge in [0.25, 0.3) is 0 Å². The first-order chi connectivity index (χ1) is 8.58. The summed E-state index contributed by atoms with van der Waals surface area (Å²) >= 11 is 0. The zero-order valence-corrected chi connectivity index (χ0v) is 12.2. The second-order valence-corrected chi connectivity index (χ2v) is 4.80. The number of ether oxygens (including phenoxy) is 2. The van der Waals surface area contributed by atoms with Crippen LogP contribution in [0.2, 0.25) is 0 Å². The first kappa shape index (κ1) is 14.8. The maximum atomic E-state index is 5.40. The number of nitrogens with one attached hydrogen (secondary N) is 1. The van der Waals surface area contributed by atoms with Crippen molar-refractivity contribution in [3.05, 3.63) is 23.8 Å². The Bertz CT molecular complexity index is 373. The van der Waals surface area contributed by atoms with Gasteiger partial charge in [0.15, 0.2) is 0 Å². The molecule has 0 spiro atoms. The molecule has 0 aliphatic rings. The first-order valence-electron chi connectivity index (χ1n) is 6.54. The zero-order valence-electron chi connectivity index (χ0n) is 12.2. The number of hydrogen-bond acceptors (Lipinski definition) is 3. The third kappa shape index (κ3) is 3.64. The summed E-state index contributed by atoms with van der Waals surface area (Å²) in [5, 5.41) is 3.60. The molecule has 0 bridgehead atoms. The second kappa shape index (κ2) is 6.64. The van der Waals surface area contributed by atoms with Gasteiger partial charge in [-0.15, -0.1) is 0 Å². The van der Waals surface area contributed by atoms with Gasteiger partial charge in [-0.3, -0.25) is 0 Å². The summed E-state index contributed by atoms with van der Waals surface area (Å²) in [6.45, 7) is 7.48. The van der Waals surface area contributed by atoms with Crippen molar-refractivity contribution in [2.45, 2.75) is 45.7 Å². The minimum Gasteiger partial charge on any atom is -0.497 e. The predicted molar refractivity (Wildman–Crippen MR) is 75.4 cm³/mol. The Morgan fingerprint density at radius 1 is 1.11 bits per heavy atom. The molecule has 3 heteroatoms. The summed E-state index contributed by atoms with van der Waals surface area (Å²) < 4.78 is 10.6. The fourth-order valence-corrected chi connectivity index (χ4v) is 1.81. The van der Waals surface area contributed by atoms with Crippen molar-refractivity contribution >= 4 is 0 Å². The number of rotatable bonds is 7. The van der Waals surface area contributed by atoms with E-state index in [1.54, 1.807) is 14.2 Å². The Morgan fingerprint density at radius 2 is 1.78 bits per heavy atom. The fourth-order valence-electron chi connectivity index (χ4n) is 1.81. The molecule has 0 aliphatic carbocycles. The average Bonchev–Trinajstić information content (AvgIpc) is 2.44. The van der Waals surface area contributed by atoms with E-state index in [-0.39, 0.29) is 5.54 Å². The fraction of sp³-hybridized carbons (Fsp3) is 0.600. The van der Waals surface area contributed by atoms with E-state index in [0.717, 1.165) is 36.4 Å². The summed E-state index contributed by atoms with van der Waals surface area (Å²) in [5.41, 5.74) is 1.34. The molecule has 3 nitrogen and oxygen atoms in total. The number of hydrogen-bond donors (Lipinski definition) is 1. The van der Waals surface area contributed by atoms with Crippen molar-refractivity contribution in [2.24, 2.45) is 0 Å². The van der Waals surface area contributed by atoms with Gasteiger partial charge < -0.3 is 14.8 Å². The van der Waals surface area contributed by atoms with Crippen molar-refractivity contribution in [2.75, 3.05) is 14.2 Å². The molecule has 1 aromatic carbocycles. The minimum absolute atomic E-state index is 0.185. The maximum absolute atomic E-state index is 5.40. The van der Waals surface area contributed by atoms with Crippen LogP contribution in [0.3, 0.4) is 0 Å². The molecule has 0 saturated heterocycles. The van der Waals surface area contributed by atoms with Crippen molar-refractivity contribution in [1.82, 2.24) is 5.32 Å². The lowest BCUT2D eigenvalue weighted by Crippen LogP contribution is -2.40. The molecular weight excluding hydrogens is 226 g/mol. The average molecular weight is 251 g/mol. The number of benzene rings is 1. The SMILES string of the molecule is CCC(C)(CC)NCc1ccc(OC)cc1OC. The largest absolute Gasteiger partial charge is 0.497 e. The van der Waals surface area contributed by atoms with E-state index in [1.807, 2.05) is 12.1 Å².